The molecule has 0 bridgehead atoms. The number of nitrogens with zero attached hydrogens (tertiary/aromatic N) is 1. The van der Waals surface area contributed by atoms with E-state index in [0.717, 1.165) is 12.3 Å². The number of alkyl halides is 3. The van der Waals surface area contributed by atoms with Gasteiger partial charge in [-0.2, -0.15) is 0 Å². The Morgan fingerprint density at radius 1 is 1.46 bits per heavy atom. The molecule has 1 aromatic heterocycles. The molecule has 3 rings (SSSR count). The minimum atomic E-state index is -3.46. The van der Waals surface area contributed by atoms with Crippen LogP contribution >= 0.6 is 6.72 Å². The summed E-state index contributed by atoms with van der Waals surface area (Å²) >= 11 is 5.10. The Kier molecular flexibility index (Phi) is 5.19. The largest absolute Gasteiger partial charge is 0.337 e. The fraction of sp³-hybridized carbons (Fsp3) is 0.692. The van der Waals surface area contributed by atoms with E-state index >= 15 is 4.39 Å². The molecule has 5 atom stereocenters. The summed E-state index contributed by atoms with van der Waals surface area (Å²) < 4.78 is 64.2. The first kappa shape index (κ1) is 19.7. The van der Waals surface area contributed by atoms with Gasteiger partial charge in [0.05, 0.1) is 12.7 Å². The van der Waals surface area contributed by atoms with Crippen molar-refractivity contribution >= 4 is 18.5 Å². The summed E-state index contributed by atoms with van der Waals surface area (Å²) in [6, 6.07) is 0.943. The fourth-order valence-electron chi connectivity index (χ4n) is 2.78. The highest BCUT2D eigenvalue weighted by molar-refractivity contribution is 8.07. The minimum absolute atomic E-state index is 0.433. The van der Waals surface area contributed by atoms with Crippen molar-refractivity contribution in [2.75, 3.05) is 6.61 Å². The molecule has 26 heavy (non-hydrogen) atoms. The van der Waals surface area contributed by atoms with Gasteiger partial charge >= 0.3 is 12.4 Å². The molecular formula is C13H16F3N2O6PS. The normalized spacial score (nSPS) is 37.3. The first-order chi connectivity index (χ1) is 12.1. The number of nitrogens with one attached hydrogen (secondary N) is 1. The van der Waals surface area contributed by atoms with Gasteiger partial charge in [-0.15, -0.1) is 0 Å². The highest BCUT2D eigenvalue weighted by Crippen LogP contribution is 2.61. The highest BCUT2D eigenvalue weighted by Gasteiger charge is 2.67. The molecule has 2 fully saturated rings. The number of aromatic nitrogens is 2. The molecular weight excluding hydrogens is 400 g/mol. The van der Waals surface area contributed by atoms with Gasteiger partial charge in [0.15, 0.2) is 18.0 Å². The lowest BCUT2D eigenvalue weighted by Crippen LogP contribution is -2.55. The third-order valence-corrected chi connectivity index (χ3v) is 6.35. The van der Waals surface area contributed by atoms with Gasteiger partial charge in [-0.3, -0.25) is 18.9 Å². The zero-order chi connectivity index (χ0) is 19.3. The van der Waals surface area contributed by atoms with E-state index < -0.39 is 61.2 Å². The zero-order valence-corrected chi connectivity index (χ0v) is 15.3. The van der Waals surface area contributed by atoms with Crippen molar-refractivity contribution in [2.45, 2.75) is 50.5 Å². The first-order valence-corrected chi connectivity index (χ1v) is 10.2. The quantitative estimate of drug-likeness (QED) is 0.744. The topological polar surface area (TPSA) is 91.8 Å². The smallest absolute Gasteiger partial charge is 0.330 e. The SMILES string of the molecule is CC(C)OP1(=S)OC[C@]2(C(F)F)O[C@H](n3ccc(=O)[nH]c3=O)[C@H](F)[C@H]2O1. The summed E-state index contributed by atoms with van der Waals surface area (Å²) in [5, 5.41) is 0. The molecule has 0 amide bonds. The predicted octanol–water partition coefficient (Wildman–Crippen LogP) is 1.47. The van der Waals surface area contributed by atoms with Gasteiger partial charge in [0, 0.05) is 12.3 Å². The molecule has 13 heteroatoms. The Labute approximate surface area is 150 Å². The van der Waals surface area contributed by atoms with Crippen molar-refractivity contribution in [3.8, 4) is 0 Å². The van der Waals surface area contributed by atoms with E-state index in [9.17, 15) is 18.4 Å². The van der Waals surface area contributed by atoms with E-state index in [0.29, 0.717) is 4.57 Å². The molecule has 1 aromatic rings. The lowest BCUT2D eigenvalue weighted by molar-refractivity contribution is -0.204. The van der Waals surface area contributed by atoms with Crippen LogP contribution in [0.2, 0.25) is 0 Å². The van der Waals surface area contributed by atoms with Crippen molar-refractivity contribution < 1.29 is 31.5 Å². The number of ether oxygens (including phenoxy) is 1. The number of halogens is 3. The minimum Gasteiger partial charge on any atom is -0.337 e. The summed E-state index contributed by atoms with van der Waals surface area (Å²) in [6.45, 7) is -0.947. The Balaban J connectivity index is 1.99. The van der Waals surface area contributed by atoms with E-state index in [4.69, 9.17) is 30.1 Å². The van der Waals surface area contributed by atoms with Gasteiger partial charge in [0.2, 0.25) is 0 Å². The maximum Gasteiger partial charge on any atom is 0.330 e. The van der Waals surface area contributed by atoms with E-state index in [1.165, 1.54) is 0 Å². The number of rotatable bonds is 4. The highest BCUT2D eigenvalue weighted by atomic mass is 32.5. The Morgan fingerprint density at radius 3 is 2.73 bits per heavy atom. The number of hydrogen-bond donors (Lipinski definition) is 1. The van der Waals surface area contributed by atoms with Gasteiger partial charge in [0.25, 0.3) is 12.0 Å². The molecule has 0 aromatic carbocycles. The predicted molar refractivity (Wildman–Crippen MR) is 86.4 cm³/mol. The molecule has 146 valence electrons. The van der Waals surface area contributed by atoms with Crippen molar-refractivity contribution in [3.63, 3.8) is 0 Å². The molecule has 0 saturated carbocycles. The Morgan fingerprint density at radius 2 is 2.15 bits per heavy atom. The number of aromatic amines is 1. The molecule has 2 saturated heterocycles. The zero-order valence-electron chi connectivity index (χ0n) is 13.6. The molecule has 0 aliphatic carbocycles. The average Bonchev–Trinajstić information content (AvgIpc) is 2.80. The summed E-state index contributed by atoms with van der Waals surface area (Å²) in [4.78, 5) is 25.0. The summed E-state index contributed by atoms with van der Waals surface area (Å²) in [7, 11) is 0. The van der Waals surface area contributed by atoms with Gasteiger partial charge in [-0.1, -0.05) is 0 Å². The second-order valence-corrected chi connectivity index (χ2v) is 9.04. The molecule has 1 unspecified atom stereocenters. The van der Waals surface area contributed by atoms with Crippen LogP contribution in [0.1, 0.15) is 20.1 Å². The number of hydrogen-bond acceptors (Lipinski definition) is 7. The molecule has 2 aliphatic rings. The van der Waals surface area contributed by atoms with Gasteiger partial charge in [-0.25, -0.2) is 18.0 Å². The lowest BCUT2D eigenvalue weighted by atomic mass is 9.97. The average molecular weight is 416 g/mol. The van der Waals surface area contributed by atoms with Crippen LogP contribution in [0.3, 0.4) is 0 Å². The maximum atomic E-state index is 15.0. The van der Waals surface area contributed by atoms with Crippen molar-refractivity contribution in [1.82, 2.24) is 9.55 Å². The van der Waals surface area contributed by atoms with E-state index in [-0.39, 0.29) is 0 Å². The standard InChI is InChI=1S/C13H16F3N2O6PS/c1-6(2)23-25(26)21-5-13(11(15)16)9(24-25)8(14)10(22-13)18-4-3-7(19)17-12(18)20/h3-4,6,8-11H,5H2,1-2H3,(H,17,19,20)/t8-,9-,10+,13+,25?/m1/s1. The van der Waals surface area contributed by atoms with E-state index in [1.54, 1.807) is 13.8 Å². The van der Waals surface area contributed by atoms with Gasteiger partial charge < -0.3 is 13.8 Å². The Hall–Kier alpha value is -1.04. The second kappa shape index (κ2) is 6.84. The third-order valence-electron chi connectivity index (χ3n) is 3.91. The van der Waals surface area contributed by atoms with Crippen LogP contribution in [0.25, 0.3) is 0 Å². The van der Waals surface area contributed by atoms with Crippen LogP contribution in [-0.4, -0.2) is 46.6 Å². The van der Waals surface area contributed by atoms with Crippen molar-refractivity contribution in [3.05, 3.63) is 33.1 Å². The summed E-state index contributed by atoms with van der Waals surface area (Å²) in [6.07, 6.45) is -8.38. The molecule has 2 aliphatic heterocycles. The van der Waals surface area contributed by atoms with Gasteiger partial charge in [-0.05, 0) is 25.7 Å². The van der Waals surface area contributed by atoms with Crippen LogP contribution in [0.5, 0.6) is 0 Å². The fourth-order valence-corrected chi connectivity index (χ4v) is 5.35. The van der Waals surface area contributed by atoms with Crippen molar-refractivity contribution in [2.24, 2.45) is 0 Å². The third kappa shape index (κ3) is 3.30. The number of H-pyrrole nitrogens is 1. The van der Waals surface area contributed by atoms with Crippen LogP contribution in [0.15, 0.2) is 21.9 Å². The summed E-state index contributed by atoms with van der Waals surface area (Å²) in [5.41, 5.74) is -4.18. The first-order valence-electron chi connectivity index (χ1n) is 7.61. The van der Waals surface area contributed by atoms with Crippen LogP contribution in [-0.2, 0) is 30.1 Å². The monoisotopic (exact) mass is 416 g/mol. The lowest BCUT2D eigenvalue weighted by Gasteiger charge is -2.41. The van der Waals surface area contributed by atoms with Crippen molar-refractivity contribution in [1.29, 1.82) is 0 Å². The second-order valence-electron chi connectivity index (χ2n) is 6.13. The molecule has 8 nitrogen and oxygen atoms in total. The molecule has 0 spiro atoms. The van der Waals surface area contributed by atoms with E-state index in [2.05, 4.69) is 0 Å². The van der Waals surface area contributed by atoms with Crippen LogP contribution < -0.4 is 11.2 Å². The van der Waals surface area contributed by atoms with Crippen LogP contribution in [0, 0.1) is 0 Å². The molecule has 1 N–H and O–H groups in total. The maximum absolute atomic E-state index is 15.0. The Bertz CT molecular complexity index is 848. The summed E-state index contributed by atoms with van der Waals surface area (Å²) in [5.74, 6) is 0. The van der Waals surface area contributed by atoms with E-state index in [1.807, 2.05) is 4.98 Å². The number of fused-ring (bicyclic) bond motifs is 1. The molecule has 3 heterocycles. The van der Waals surface area contributed by atoms with Crippen LogP contribution in [0.4, 0.5) is 13.2 Å². The van der Waals surface area contributed by atoms with Gasteiger partial charge in [0.1, 0.15) is 6.10 Å². The molecule has 0 radical (unpaired) electrons.